The number of para-hydroxylation sites is 1. The molecule has 0 saturated carbocycles. The summed E-state index contributed by atoms with van der Waals surface area (Å²) in [6.07, 6.45) is 5.32. The van der Waals surface area contributed by atoms with Crippen molar-refractivity contribution in [2.75, 3.05) is 26.8 Å². The van der Waals surface area contributed by atoms with Gasteiger partial charge in [-0.05, 0) is 37.1 Å². The van der Waals surface area contributed by atoms with Crippen molar-refractivity contribution in [2.24, 2.45) is 0 Å². The Morgan fingerprint density at radius 3 is 2.70 bits per heavy atom. The number of amides is 1. The SMILES string of the molecule is COc1cccc(-c2nccnc2[C@@H]2CCCN(C(=O)COc3ccccc3)C2)c1. The Kier molecular flexibility index (Phi) is 6.23. The molecule has 6 nitrogen and oxygen atoms in total. The van der Waals surface area contributed by atoms with Gasteiger partial charge in [-0.25, -0.2) is 0 Å². The topological polar surface area (TPSA) is 64.6 Å². The highest BCUT2D eigenvalue weighted by molar-refractivity contribution is 5.78. The van der Waals surface area contributed by atoms with E-state index in [2.05, 4.69) is 9.97 Å². The number of aromatic nitrogens is 2. The fraction of sp³-hybridized carbons (Fsp3) is 0.292. The molecule has 1 aliphatic heterocycles. The van der Waals surface area contributed by atoms with Crippen LogP contribution in [-0.4, -0.2) is 47.6 Å². The summed E-state index contributed by atoms with van der Waals surface area (Å²) in [5, 5.41) is 0. The Labute approximate surface area is 176 Å². The molecule has 0 bridgehead atoms. The molecule has 0 N–H and O–H groups in total. The minimum atomic E-state index is -0.00428. The van der Waals surface area contributed by atoms with Crippen molar-refractivity contribution in [2.45, 2.75) is 18.8 Å². The predicted molar refractivity (Wildman–Crippen MR) is 115 cm³/mol. The van der Waals surface area contributed by atoms with Gasteiger partial charge in [0, 0.05) is 37.0 Å². The Hall–Kier alpha value is -3.41. The zero-order chi connectivity index (χ0) is 20.8. The summed E-state index contributed by atoms with van der Waals surface area (Å²) >= 11 is 0. The van der Waals surface area contributed by atoms with Crippen LogP contribution in [0, 0.1) is 0 Å². The van der Waals surface area contributed by atoms with Crippen LogP contribution in [0.3, 0.4) is 0 Å². The maximum absolute atomic E-state index is 12.7. The molecule has 0 spiro atoms. The maximum atomic E-state index is 12.7. The van der Waals surface area contributed by atoms with Gasteiger partial charge in [0.05, 0.1) is 18.5 Å². The molecule has 154 valence electrons. The van der Waals surface area contributed by atoms with Gasteiger partial charge in [0.25, 0.3) is 5.91 Å². The lowest BCUT2D eigenvalue weighted by Crippen LogP contribution is -2.41. The van der Waals surface area contributed by atoms with E-state index in [1.165, 1.54) is 0 Å². The Morgan fingerprint density at radius 2 is 1.87 bits per heavy atom. The fourth-order valence-corrected chi connectivity index (χ4v) is 3.82. The quantitative estimate of drug-likeness (QED) is 0.624. The van der Waals surface area contributed by atoms with Crippen LogP contribution in [0.4, 0.5) is 0 Å². The van der Waals surface area contributed by atoms with Crippen molar-refractivity contribution >= 4 is 5.91 Å². The molecule has 1 aliphatic rings. The third-order valence-corrected chi connectivity index (χ3v) is 5.34. The molecule has 1 amide bonds. The van der Waals surface area contributed by atoms with Crippen molar-refractivity contribution in [3.8, 4) is 22.8 Å². The lowest BCUT2D eigenvalue weighted by molar-refractivity contribution is -0.134. The molecular formula is C24H25N3O3. The second kappa shape index (κ2) is 9.39. The third kappa shape index (κ3) is 4.59. The van der Waals surface area contributed by atoms with Crippen LogP contribution < -0.4 is 9.47 Å². The third-order valence-electron chi connectivity index (χ3n) is 5.34. The molecule has 1 fully saturated rings. The molecule has 3 aromatic rings. The van der Waals surface area contributed by atoms with E-state index in [0.717, 1.165) is 42.1 Å². The van der Waals surface area contributed by atoms with Gasteiger partial charge in [0.15, 0.2) is 6.61 Å². The Balaban J connectivity index is 1.49. The molecule has 2 aromatic carbocycles. The van der Waals surface area contributed by atoms with E-state index >= 15 is 0 Å². The van der Waals surface area contributed by atoms with Crippen LogP contribution in [0.5, 0.6) is 11.5 Å². The summed E-state index contributed by atoms with van der Waals surface area (Å²) in [4.78, 5) is 23.9. The summed E-state index contributed by atoms with van der Waals surface area (Å²) in [7, 11) is 1.65. The fourth-order valence-electron chi connectivity index (χ4n) is 3.82. The van der Waals surface area contributed by atoms with Gasteiger partial charge >= 0.3 is 0 Å². The summed E-state index contributed by atoms with van der Waals surface area (Å²) < 4.78 is 11.0. The normalized spacial score (nSPS) is 16.2. The van der Waals surface area contributed by atoms with Crippen LogP contribution in [0.1, 0.15) is 24.5 Å². The highest BCUT2D eigenvalue weighted by atomic mass is 16.5. The summed E-state index contributed by atoms with van der Waals surface area (Å²) in [5.41, 5.74) is 2.73. The zero-order valence-corrected chi connectivity index (χ0v) is 17.0. The standard InChI is InChI=1S/C24H25N3O3/c1-29-21-11-5-7-18(15-21)23-24(26-13-12-25-23)19-8-6-14-27(16-19)22(28)17-30-20-9-3-2-4-10-20/h2-5,7,9-13,15,19H,6,8,14,16-17H2,1H3/t19-/m1/s1. The zero-order valence-electron chi connectivity index (χ0n) is 17.0. The highest BCUT2D eigenvalue weighted by Crippen LogP contribution is 2.33. The van der Waals surface area contributed by atoms with Gasteiger partial charge < -0.3 is 14.4 Å². The molecule has 1 aromatic heterocycles. The van der Waals surface area contributed by atoms with Gasteiger partial charge in [-0.2, -0.15) is 0 Å². The molecule has 1 saturated heterocycles. The highest BCUT2D eigenvalue weighted by Gasteiger charge is 2.28. The number of benzene rings is 2. The van der Waals surface area contributed by atoms with E-state index < -0.39 is 0 Å². The number of methoxy groups -OCH3 is 1. The van der Waals surface area contributed by atoms with Crippen LogP contribution in [-0.2, 0) is 4.79 Å². The minimum Gasteiger partial charge on any atom is -0.497 e. The number of hydrogen-bond acceptors (Lipinski definition) is 5. The number of carbonyl (C=O) groups is 1. The number of piperidine rings is 1. The van der Waals surface area contributed by atoms with E-state index in [1.807, 2.05) is 59.5 Å². The predicted octanol–water partition coefficient (Wildman–Crippen LogP) is 3.94. The Bertz CT molecular complexity index is 994. The van der Waals surface area contributed by atoms with Crippen molar-refractivity contribution in [3.63, 3.8) is 0 Å². The number of hydrogen-bond donors (Lipinski definition) is 0. The van der Waals surface area contributed by atoms with E-state index in [9.17, 15) is 4.79 Å². The number of ether oxygens (including phenoxy) is 2. The van der Waals surface area contributed by atoms with Gasteiger partial charge in [0.2, 0.25) is 0 Å². The first-order chi connectivity index (χ1) is 14.7. The van der Waals surface area contributed by atoms with Crippen LogP contribution in [0.2, 0.25) is 0 Å². The molecule has 6 heteroatoms. The smallest absolute Gasteiger partial charge is 0.260 e. The molecule has 30 heavy (non-hydrogen) atoms. The van der Waals surface area contributed by atoms with Gasteiger partial charge in [-0.3, -0.25) is 14.8 Å². The largest absolute Gasteiger partial charge is 0.497 e. The lowest BCUT2D eigenvalue weighted by Gasteiger charge is -2.33. The van der Waals surface area contributed by atoms with Crippen molar-refractivity contribution in [3.05, 3.63) is 72.7 Å². The van der Waals surface area contributed by atoms with E-state index in [4.69, 9.17) is 9.47 Å². The average Bonchev–Trinajstić information content (AvgIpc) is 2.83. The van der Waals surface area contributed by atoms with Crippen LogP contribution in [0.15, 0.2) is 67.0 Å². The number of carbonyl (C=O) groups excluding carboxylic acids is 1. The second-order valence-corrected chi connectivity index (χ2v) is 7.30. The average molecular weight is 403 g/mol. The Morgan fingerprint density at radius 1 is 1.07 bits per heavy atom. The first-order valence-electron chi connectivity index (χ1n) is 10.2. The molecular weight excluding hydrogens is 378 g/mol. The van der Waals surface area contributed by atoms with Gasteiger partial charge in [-0.1, -0.05) is 30.3 Å². The summed E-state index contributed by atoms with van der Waals surface area (Å²) in [5.74, 6) is 1.61. The molecule has 4 rings (SSSR count). The van der Waals surface area contributed by atoms with E-state index in [0.29, 0.717) is 12.3 Å². The summed E-state index contributed by atoms with van der Waals surface area (Å²) in [6, 6.07) is 17.2. The summed E-state index contributed by atoms with van der Waals surface area (Å²) in [6.45, 7) is 1.40. The van der Waals surface area contributed by atoms with Crippen LogP contribution in [0.25, 0.3) is 11.3 Å². The maximum Gasteiger partial charge on any atom is 0.260 e. The monoisotopic (exact) mass is 403 g/mol. The number of rotatable bonds is 6. The first kappa shape index (κ1) is 19.9. The molecule has 0 aliphatic carbocycles. The van der Waals surface area contributed by atoms with Crippen molar-refractivity contribution < 1.29 is 14.3 Å². The van der Waals surface area contributed by atoms with Crippen molar-refractivity contribution in [1.29, 1.82) is 0 Å². The van der Waals surface area contributed by atoms with Crippen molar-refractivity contribution in [1.82, 2.24) is 14.9 Å². The number of nitrogens with zero attached hydrogens (tertiary/aromatic N) is 3. The molecule has 0 unspecified atom stereocenters. The van der Waals surface area contributed by atoms with E-state index in [-0.39, 0.29) is 18.4 Å². The van der Waals surface area contributed by atoms with E-state index in [1.54, 1.807) is 19.5 Å². The van der Waals surface area contributed by atoms with Gasteiger partial charge in [-0.15, -0.1) is 0 Å². The molecule has 1 atom stereocenters. The minimum absolute atomic E-state index is 0.00428. The number of likely N-dealkylation sites (tertiary alicyclic amines) is 1. The lowest BCUT2D eigenvalue weighted by atomic mass is 9.91. The van der Waals surface area contributed by atoms with Gasteiger partial charge in [0.1, 0.15) is 11.5 Å². The van der Waals surface area contributed by atoms with Crippen LogP contribution >= 0.6 is 0 Å². The first-order valence-corrected chi connectivity index (χ1v) is 10.2. The molecule has 0 radical (unpaired) electrons. The second-order valence-electron chi connectivity index (χ2n) is 7.30. The molecule has 2 heterocycles.